The maximum Gasteiger partial charge on any atom is 0.261 e. The van der Waals surface area contributed by atoms with Crippen molar-refractivity contribution in [2.45, 2.75) is 45.8 Å². The quantitative estimate of drug-likeness (QED) is 0.785. The molecule has 1 aromatic carbocycles. The van der Waals surface area contributed by atoms with E-state index in [1.165, 1.54) is 7.11 Å². The van der Waals surface area contributed by atoms with Crippen molar-refractivity contribution >= 4 is 12.2 Å². The van der Waals surface area contributed by atoms with Gasteiger partial charge >= 0.3 is 0 Å². The van der Waals surface area contributed by atoms with E-state index in [4.69, 9.17) is 9.47 Å². The average Bonchev–Trinajstić information content (AvgIpc) is 2.46. The minimum absolute atomic E-state index is 0.208. The van der Waals surface area contributed by atoms with E-state index in [0.717, 1.165) is 12.7 Å². The average molecular weight is 293 g/mol. The molecule has 1 N–H and O–H groups in total. The van der Waals surface area contributed by atoms with Gasteiger partial charge in [0.15, 0.2) is 17.6 Å². The minimum Gasteiger partial charge on any atom is -0.493 e. The summed E-state index contributed by atoms with van der Waals surface area (Å²) in [6, 6.07) is 4.82. The second-order valence-electron chi connectivity index (χ2n) is 5.51. The van der Waals surface area contributed by atoms with Crippen molar-refractivity contribution in [3.8, 4) is 11.5 Å². The fraction of sp³-hybridized carbons (Fsp3) is 0.500. The first-order valence-electron chi connectivity index (χ1n) is 6.95. The topological polar surface area (TPSA) is 64.6 Å². The molecule has 0 saturated carbocycles. The Morgan fingerprint density at radius 3 is 2.57 bits per heavy atom. The molecular weight excluding hydrogens is 270 g/mol. The minimum atomic E-state index is -0.688. The zero-order valence-electron chi connectivity index (χ0n) is 13.2. The third-order valence-electron chi connectivity index (χ3n) is 3.34. The largest absolute Gasteiger partial charge is 0.493 e. The summed E-state index contributed by atoms with van der Waals surface area (Å²) in [6.45, 7) is 7.56. The van der Waals surface area contributed by atoms with Crippen LogP contribution in [0.4, 0.5) is 0 Å². The van der Waals surface area contributed by atoms with Gasteiger partial charge in [0.1, 0.15) is 6.29 Å². The summed E-state index contributed by atoms with van der Waals surface area (Å²) in [5, 5.41) is 2.92. The first kappa shape index (κ1) is 17.0. The Labute approximate surface area is 125 Å². The van der Waals surface area contributed by atoms with Gasteiger partial charge in [0.2, 0.25) is 0 Å². The highest BCUT2D eigenvalue weighted by Gasteiger charge is 2.23. The van der Waals surface area contributed by atoms with E-state index in [0.29, 0.717) is 17.1 Å². The number of aldehydes is 1. The summed E-state index contributed by atoms with van der Waals surface area (Å²) in [5.41, 5.74) is 0.177. The van der Waals surface area contributed by atoms with Gasteiger partial charge in [-0.15, -0.1) is 0 Å². The van der Waals surface area contributed by atoms with Gasteiger partial charge in [0.25, 0.3) is 5.91 Å². The maximum atomic E-state index is 12.1. The molecule has 1 aromatic rings. The highest BCUT2D eigenvalue weighted by atomic mass is 16.5. The Hall–Kier alpha value is -2.04. The molecule has 0 aliphatic heterocycles. The summed E-state index contributed by atoms with van der Waals surface area (Å²) in [6.07, 6.45) is 0.846. The van der Waals surface area contributed by atoms with Crippen molar-refractivity contribution < 1.29 is 19.1 Å². The number of rotatable bonds is 7. The lowest BCUT2D eigenvalue weighted by molar-refractivity contribution is -0.129. The molecule has 0 saturated heterocycles. The summed E-state index contributed by atoms with van der Waals surface area (Å²) in [7, 11) is 1.51. The van der Waals surface area contributed by atoms with Crippen molar-refractivity contribution in [1.82, 2.24) is 5.32 Å². The van der Waals surface area contributed by atoms with Gasteiger partial charge in [0.05, 0.1) is 7.11 Å². The van der Waals surface area contributed by atoms with E-state index in [1.54, 1.807) is 25.1 Å². The molecule has 5 heteroatoms. The van der Waals surface area contributed by atoms with Crippen LogP contribution in [0.5, 0.6) is 11.5 Å². The van der Waals surface area contributed by atoms with Gasteiger partial charge in [-0.05, 0) is 45.4 Å². The number of nitrogens with one attached hydrogen (secondary N) is 1. The Balaban J connectivity index is 2.84. The molecule has 1 unspecified atom stereocenters. The first-order valence-corrected chi connectivity index (χ1v) is 6.95. The Morgan fingerprint density at radius 2 is 2.05 bits per heavy atom. The van der Waals surface area contributed by atoms with E-state index >= 15 is 0 Å². The number of carbonyl (C=O) groups excluding carboxylic acids is 2. The molecule has 1 rings (SSSR count). The molecule has 1 atom stereocenters. The highest BCUT2D eigenvalue weighted by molar-refractivity contribution is 5.82. The predicted molar refractivity (Wildman–Crippen MR) is 81.0 cm³/mol. The molecule has 5 nitrogen and oxygen atoms in total. The number of methoxy groups -OCH3 is 1. The van der Waals surface area contributed by atoms with Crippen molar-refractivity contribution in [2.75, 3.05) is 7.11 Å². The van der Waals surface area contributed by atoms with E-state index in [9.17, 15) is 9.59 Å². The van der Waals surface area contributed by atoms with Crippen LogP contribution in [0, 0.1) is 0 Å². The fourth-order valence-corrected chi connectivity index (χ4v) is 1.63. The van der Waals surface area contributed by atoms with Crippen LogP contribution in [0.2, 0.25) is 0 Å². The van der Waals surface area contributed by atoms with Crippen LogP contribution in [0.15, 0.2) is 18.2 Å². The molecule has 0 bridgehead atoms. The Kier molecular flexibility index (Phi) is 5.76. The maximum absolute atomic E-state index is 12.1. The molecule has 0 aliphatic rings. The molecule has 1 amide bonds. The number of hydrogen-bond donors (Lipinski definition) is 1. The van der Waals surface area contributed by atoms with Gasteiger partial charge in [-0.3, -0.25) is 9.59 Å². The van der Waals surface area contributed by atoms with Gasteiger partial charge in [0, 0.05) is 11.1 Å². The summed E-state index contributed by atoms with van der Waals surface area (Å²) >= 11 is 0. The molecule has 0 spiro atoms. The SMILES string of the molecule is CCC(C)(C)NC(=O)C(C)Oc1cc(C=O)ccc1OC. The lowest BCUT2D eigenvalue weighted by Gasteiger charge is -2.26. The Morgan fingerprint density at radius 1 is 1.38 bits per heavy atom. The molecular formula is C16H23NO4. The lowest BCUT2D eigenvalue weighted by atomic mass is 10.0. The lowest BCUT2D eigenvalue weighted by Crippen LogP contribution is -2.48. The van der Waals surface area contributed by atoms with Crippen LogP contribution < -0.4 is 14.8 Å². The van der Waals surface area contributed by atoms with E-state index in [-0.39, 0.29) is 11.4 Å². The molecule has 116 valence electrons. The second kappa shape index (κ2) is 7.11. The van der Waals surface area contributed by atoms with Gasteiger partial charge in [-0.25, -0.2) is 0 Å². The van der Waals surface area contributed by atoms with Crippen LogP contribution in [0.3, 0.4) is 0 Å². The van der Waals surface area contributed by atoms with Gasteiger partial charge in [-0.1, -0.05) is 6.92 Å². The van der Waals surface area contributed by atoms with Gasteiger partial charge < -0.3 is 14.8 Å². The highest BCUT2D eigenvalue weighted by Crippen LogP contribution is 2.28. The van der Waals surface area contributed by atoms with Crippen molar-refractivity contribution in [2.24, 2.45) is 0 Å². The van der Waals surface area contributed by atoms with Crippen LogP contribution in [-0.4, -0.2) is 30.9 Å². The van der Waals surface area contributed by atoms with Crippen LogP contribution >= 0.6 is 0 Å². The van der Waals surface area contributed by atoms with Crippen molar-refractivity contribution in [3.05, 3.63) is 23.8 Å². The molecule has 0 fully saturated rings. The first-order chi connectivity index (χ1) is 9.82. The van der Waals surface area contributed by atoms with Crippen molar-refractivity contribution in [3.63, 3.8) is 0 Å². The van der Waals surface area contributed by atoms with Crippen LogP contribution in [-0.2, 0) is 4.79 Å². The number of ether oxygens (including phenoxy) is 2. The van der Waals surface area contributed by atoms with Crippen LogP contribution in [0.1, 0.15) is 44.5 Å². The number of benzene rings is 1. The van der Waals surface area contributed by atoms with E-state index in [1.807, 2.05) is 20.8 Å². The van der Waals surface area contributed by atoms with Gasteiger partial charge in [-0.2, -0.15) is 0 Å². The monoisotopic (exact) mass is 293 g/mol. The van der Waals surface area contributed by atoms with E-state index in [2.05, 4.69) is 5.32 Å². The summed E-state index contributed by atoms with van der Waals surface area (Å²) in [5.74, 6) is 0.648. The summed E-state index contributed by atoms with van der Waals surface area (Å²) < 4.78 is 10.8. The van der Waals surface area contributed by atoms with Crippen molar-refractivity contribution in [1.29, 1.82) is 0 Å². The number of amides is 1. The molecule has 0 aromatic heterocycles. The third kappa shape index (κ3) is 4.77. The van der Waals surface area contributed by atoms with E-state index < -0.39 is 6.10 Å². The molecule has 0 heterocycles. The number of hydrogen-bond acceptors (Lipinski definition) is 4. The predicted octanol–water partition coefficient (Wildman–Crippen LogP) is 2.58. The smallest absolute Gasteiger partial charge is 0.261 e. The fourth-order valence-electron chi connectivity index (χ4n) is 1.63. The Bertz CT molecular complexity index is 511. The zero-order chi connectivity index (χ0) is 16.0. The normalized spacial score (nSPS) is 12.4. The van der Waals surface area contributed by atoms with Crippen LogP contribution in [0.25, 0.3) is 0 Å². The molecule has 0 radical (unpaired) electrons. The second-order valence-corrected chi connectivity index (χ2v) is 5.51. The molecule has 21 heavy (non-hydrogen) atoms. The third-order valence-corrected chi connectivity index (χ3v) is 3.34. The molecule has 0 aliphatic carbocycles. The number of carbonyl (C=O) groups is 2. The summed E-state index contributed by atoms with van der Waals surface area (Å²) in [4.78, 5) is 23.0. The standard InChI is InChI=1S/C16H23NO4/c1-6-16(3,4)17-15(19)11(2)21-14-9-12(10-18)7-8-13(14)20-5/h7-11H,6H2,1-5H3,(H,17,19). The zero-order valence-corrected chi connectivity index (χ0v) is 13.2.